The van der Waals surface area contributed by atoms with E-state index >= 15 is 0 Å². The number of amides is 2. The van der Waals surface area contributed by atoms with E-state index in [-0.39, 0.29) is 17.7 Å². The Labute approximate surface area is 223 Å². The standard InChI is InChI=1S/C28H33Cl2N3O3/c29-23-7-4-8-24(27(23)30)32-16-14-31(15-17-32)13-1-2-18-36-22-11-9-20-10-12-26(34)33(25(20)19-22)28(35)21-5-3-6-21/h4,7-9,11,19,21H,1-3,5-6,10,12-18H2. The smallest absolute Gasteiger partial charge is 0.236 e. The lowest BCUT2D eigenvalue weighted by molar-refractivity contribution is -0.130. The first-order valence-electron chi connectivity index (χ1n) is 13.0. The molecule has 0 atom stereocenters. The van der Waals surface area contributed by atoms with Crippen LogP contribution >= 0.6 is 23.2 Å². The SMILES string of the molecule is O=C1CCc2ccc(OCCCCN3CCN(c4cccc(Cl)c4Cl)CC3)cc2N1C(=O)C1CCC1. The van der Waals surface area contributed by atoms with Crippen molar-refractivity contribution in [2.45, 2.75) is 44.9 Å². The van der Waals surface area contributed by atoms with E-state index < -0.39 is 0 Å². The van der Waals surface area contributed by atoms with E-state index in [1.54, 1.807) is 0 Å². The van der Waals surface area contributed by atoms with Gasteiger partial charge in [-0.25, -0.2) is 4.90 Å². The largest absolute Gasteiger partial charge is 0.494 e. The molecule has 192 valence electrons. The summed E-state index contributed by atoms with van der Waals surface area (Å²) in [5.41, 5.74) is 2.78. The Morgan fingerprint density at radius 1 is 0.972 bits per heavy atom. The lowest BCUT2D eigenvalue weighted by atomic mass is 9.83. The summed E-state index contributed by atoms with van der Waals surface area (Å²) in [5, 5.41) is 1.23. The number of hydrogen-bond acceptors (Lipinski definition) is 5. The van der Waals surface area contributed by atoms with Crippen LogP contribution < -0.4 is 14.5 Å². The summed E-state index contributed by atoms with van der Waals surface area (Å²) < 4.78 is 6.02. The minimum Gasteiger partial charge on any atom is -0.494 e. The van der Waals surface area contributed by atoms with Crippen molar-refractivity contribution in [3.63, 3.8) is 0 Å². The van der Waals surface area contributed by atoms with Crippen molar-refractivity contribution in [2.24, 2.45) is 5.92 Å². The number of halogens is 2. The topological polar surface area (TPSA) is 53.1 Å². The zero-order valence-corrected chi connectivity index (χ0v) is 22.1. The van der Waals surface area contributed by atoms with Crippen molar-refractivity contribution < 1.29 is 14.3 Å². The van der Waals surface area contributed by atoms with Crippen molar-refractivity contribution >= 4 is 46.4 Å². The number of unbranched alkanes of at least 4 members (excludes halogenated alkanes) is 1. The zero-order valence-electron chi connectivity index (χ0n) is 20.6. The monoisotopic (exact) mass is 529 g/mol. The minimum atomic E-state index is -0.0886. The van der Waals surface area contributed by atoms with Crippen LogP contribution in [0.4, 0.5) is 11.4 Å². The molecule has 5 rings (SSSR count). The number of fused-ring (bicyclic) bond motifs is 1. The van der Waals surface area contributed by atoms with Gasteiger partial charge in [0, 0.05) is 44.6 Å². The summed E-state index contributed by atoms with van der Waals surface area (Å²) in [5.74, 6) is 0.590. The van der Waals surface area contributed by atoms with Crippen LogP contribution in [0, 0.1) is 5.92 Å². The van der Waals surface area contributed by atoms with Gasteiger partial charge in [0.25, 0.3) is 0 Å². The molecular formula is C28H33Cl2N3O3. The van der Waals surface area contributed by atoms with E-state index in [0.29, 0.717) is 29.5 Å². The molecule has 0 unspecified atom stereocenters. The molecule has 2 aromatic carbocycles. The number of ether oxygens (including phenoxy) is 1. The average molecular weight is 530 g/mol. The summed E-state index contributed by atoms with van der Waals surface area (Å²) in [6.45, 7) is 5.49. The fourth-order valence-corrected chi connectivity index (χ4v) is 5.61. The van der Waals surface area contributed by atoms with E-state index in [2.05, 4.69) is 9.80 Å². The van der Waals surface area contributed by atoms with Gasteiger partial charge in [-0.05, 0) is 62.4 Å². The highest BCUT2D eigenvalue weighted by Crippen LogP contribution is 2.36. The fourth-order valence-electron chi connectivity index (χ4n) is 5.20. The van der Waals surface area contributed by atoms with Crippen LogP contribution in [0.15, 0.2) is 36.4 Å². The van der Waals surface area contributed by atoms with Gasteiger partial charge in [-0.15, -0.1) is 0 Å². The van der Waals surface area contributed by atoms with Crippen LogP contribution in [-0.2, 0) is 16.0 Å². The summed E-state index contributed by atoms with van der Waals surface area (Å²) in [6, 6.07) is 11.6. The van der Waals surface area contributed by atoms with Crippen molar-refractivity contribution in [2.75, 3.05) is 49.1 Å². The quantitative estimate of drug-likeness (QED) is 0.330. The normalized spacial score (nSPS) is 18.7. The van der Waals surface area contributed by atoms with E-state index in [0.717, 1.165) is 87.5 Å². The molecular weight excluding hydrogens is 497 g/mol. The summed E-state index contributed by atoms with van der Waals surface area (Å²) in [4.78, 5) is 31.7. The number of carbonyl (C=O) groups is 2. The number of rotatable bonds is 8. The zero-order chi connectivity index (χ0) is 25.1. The van der Waals surface area contributed by atoms with Crippen LogP contribution in [0.1, 0.15) is 44.1 Å². The molecule has 8 heteroatoms. The minimum absolute atomic E-state index is 0.00572. The van der Waals surface area contributed by atoms with E-state index in [1.807, 2.05) is 36.4 Å². The number of benzene rings is 2. The van der Waals surface area contributed by atoms with Crippen LogP contribution in [0.2, 0.25) is 10.0 Å². The Morgan fingerprint density at radius 2 is 1.78 bits per heavy atom. The van der Waals surface area contributed by atoms with Crippen LogP contribution in [0.5, 0.6) is 5.75 Å². The van der Waals surface area contributed by atoms with E-state index in [9.17, 15) is 9.59 Å². The second-order valence-corrected chi connectivity index (χ2v) is 10.7. The molecule has 6 nitrogen and oxygen atoms in total. The predicted octanol–water partition coefficient (Wildman–Crippen LogP) is 5.58. The molecule has 2 aromatic rings. The second-order valence-electron chi connectivity index (χ2n) is 9.94. The fraction of sp³-hybridized carbons (Fsp3) is 0.500. The van der Waals surface area contributed by atoms with Crippen molar-refractivity contribution in [1.29, 1.82) is 0 Å². The molecule has 3 aliphatic rings. The highest BCUT2D eigenvalue weighted by atomic mass is 35.5. The van der Waals surface area contributed by atoms with Gasteiger partial charge >= 0.3 is 0 Å². The van der Waals surface area contributed by atoms with Crippen molar-refractivity contribution in [3.8, 4) is 5.75 Å². The third-order valence-corrected chi connectivity index (χ3v) is 8.42. The second kappa shape index (κ2) is 11.4. The first-order valence-corrected chi connectivity index (χ1v) is 13.8. The molecule has 1 saturated heterocycles. The molecule has 2 amide bonds. The Hall–Kier alpha value is -2.28. The van der Waals surface area contributed by atoms with Gasteiger partial charge in [-0.1, -0.05) is 41.8 Å². The molecule has 0 bridgehead atoms. The Bertz CT molecular complexity index is 1110. The van der Waals surface area contributed by atoms with Gasteiger partial charge in [0.15, 0.2) is 0 Å². The molecule has 2 fully saturated rings. The molecule has 0 aromatic heterocycles. The van der Waals surface area contributed by atoms with Crippen LogP contribution in [-0.4, -0.2) is 56.0 Å². The lowest BCUT2D eigenvalue weighted by Crippen LogP contribution is -2.46. The number of imide groups is 1. The van der Waals surface area contributed by atoms with Gasteiger partial charge in [0.1, 0.15) is 5.75 Å². The highest BCUT2D eigenvalue weighted by Gasteiger charge is 2.36. The predicted molar refractivity (Wildman–Crippen MR) is 144 cm³/mol. The number of carbonyl (C=O) groups excluding carboxylic acids is 2. The molecule has 2 aliphatic heterocycles. The number of nitrogens with zero attached hydrogens (tertiary/aromatic N) is 3. The first-order chi connectivity index (χ1) is 17.5. The van der Waals surface area contributed by atoms with Gasteiger partial charge in [-0.3, -0.25) is 14.5 Å². The molecule has 1 saturated carbocycles. The van der Waals surface area contributed by atoms with Gasteiger partial charge in [0.05, 0.1) is 28.0 Å². The van der Waals surface area contributed by atoms with Gasteiger partial charge in [-0.2, -0.15) is 0 Å². The van der Waals surface area contributed by atoms with Crippen LogP contribution in [0.3, 0.4) is 0 Å². The lowest BCUT2D eigenvalue weighted by Gasteiger charge is -2.36. The summed E-state index contributed by atoms with van der Waals surface area (Å²) >= 11 is 12.6. The Balaban J connectivity index is 1.07. The number of anilines is 2. The summed E-state index contributed by atoms with van der Waals surface area (Å²) in [6.07, 6.45) is 5.91. The highest BCUT2D eigenvalue weighted by molar-refractivity contribution is 6.43. The summed E-state index contributed by atoms with van der Waals surface area (Å²) in [7, 11) is 0. The maximum absolute atomic E-state index is 12.9. The number of aryl methyl sites for hydroxylation is 1. The molecule has 0 N–H and O–H groups in total. The maximum Gasteiger partial charge on any atom is 0.236 e. The molecule has 36 heavy (non-hydrogen) atoms. The van der Waals surface area contributed by atoms with Crippen molar-refractivity contribution in [1.82, 2.24) is 4.90 Å². The maximum atomic E-state index is 12.9. The molecule has 0 radical (unpaired) electrons. The average Bonchev–Trinajstić information content (AvgIpc) is 2.84. The third-order valence-electron chi connectivity index (χ3n) is 7.61. The molecule has 1 aliphatic carbocycles. The molecule has 0 spiro atoms. The van der Waals surface area contributed by atoms with E-state index in [1.165, 1.54) is 4.90 Å². The number of piperazine rings is 1. The Kier molecular flexibility index (Phi) is 8.04. The van der Waals surface area contributed by atoms with E-state index in [4.69, 9.17) is 27.9 Å². The van der Waals surface area contributed by atoms with Crippen LogP contribution in [0.25, 0.3) is 0 Å². The Morgan fingerprint density at radius 3 is 2.53 bits per heavy atom. The van der Waals surface area contributed by atoms with Gasteiger partial charge in [0.2, 0.25) is 11.8 Å². The first kappa shape index (κ1) is 25.4. The van der Waals surface area contributed by atoms with Gasteiger partial charge < -0.3 is 9.64 Å². The van der Waals surface area contributed by atoms with Crippen molar-refractivity contribution in [3.05, 3.63) is 52.0 Å². The molecule has 2 heterocycles. The number of hydrogen-bond donors (Lipinski definition) is 0. The third kappa shape index (κ3) is 5.51.